The standard InChI is InChI=1S/C12H15IN2O/c13-10-15-7-6-14(9-12(15)16)8-11-4-2-1-3-5-11/h1-5H,6-10H2. The maximum Gasteiger partial charge on any atom is 0.237 e. The molecule has 0 atom stereocenters. The van der Waals surface area contributed by atoms with E-state index in [4.69, 9.17) is 0 Å². The topological polar surface area (TPSA) is 23.6 Å². The quantitative estimate of drug-likeness (QED) is 0.479. The van der Waals surface area contributed by atoms with Gasteiger partial charge in [0.1, 0.15) is 0 Å². The van der Waals surface area contributed by atoms with Gasteiger partial charge < -0.3 is 4.90 Å². The van der Waals surface area contributed by atoms with E-state index < -0.39 is 0 Å². The average Bonchev–Trinajstić information content (AvgIpc) is 2.31. The molecule has 0 aliphatic carbocycles. The maximum atomic E-state index is 11.7. The van der Waals surface area contributed by atoms with Crippen LogP contribution in [0.4, 0.5) is 0 Å². The van der Waals surface area contributed by atoms with Crippen LogP contribution in [0.15, 0.2) is 30.3 Å². The Hall–Kier alpha value is -0.620. The van der Waals surface area contributed by atoms with Gasteiger partial charge in [0, 0.05) is 19.6 Å². The molecule has 0 aromatic heterocycles. The maximum absolute atomic E-state index is 11.7. The predicted octanol–water partition coefficient (Wildman–Crippen LogP) is 1.72. The molecule has 16 heavy (non-hydrogen) atoms. The number of benzene rings is 1. The molecule has 0 spiro atoms. The third-order valence-corrected chi connectivity index (χ3v) is 3.61. The number of hydrogen-bond donors (Lipinski definition) is 0. The fraction of sp³-hybridized carbons (Fsp3) is 0.417. The first kappa shape index (κ1) is 11.9. The van der Waals surface area contributed by atoms with E-state index in [-0.39, 0.29) is 5.91 Å². The minimum Gasteiger partial charge on any atom is -0.331 e. The number of carbonyl (C=O) groups is 1. The van der Waals surface area contributed by atoms with Crippen LogP contribution in [0.1, 0.15) is 5.56 Å². The summed E-state index contributed by atoms with van der Waals surface area (Å²) in [6.45, 7) is 3.26. The first-order valence-corrected chi connectivity index (χ1v) is 6.92. The lowest BCUT2D eigenvalue weighted by atomic mass is 10.2. The molecule has 1 fully saturated rings. The fourth-order valence-corrected chi connectivity index (χ4v) is 2.58. The van der Waals surface area contributed by atoms with Crippen molar-refractivity contribution in [2.75, 3.05) is 24.2 Å². The van der Waals surface area contributed by atoms with Crippen LogP contribution in [-0.2, 0) is 11.3 Å². The fourth-order valence-electron chi connectivity index (χ4n) is 1.86. The Morgan fingerprint density at radius 1 is 1.19 bits per heavy atom. The summed E-state index contributed by atoms with van der Waals surface area (Å²) >= 11 is 2.24. The van der Waals surface area contributed by atoms with Crippen LogP contribution < -0.4 is 0 Å². The first-order valence-electron chi connectivity index (χ1n) is 5.39. The van der Waals surface area contributed by atoms with Gasteiger partial charge in [-0.2, -0.15) is 0 Å². The number of nitrogens with zero attached hydrogens (tertiary/aromatic N) is 2. The van der Waals surface area contributed by atoms with Crippen LogP contribution in [0, 0.1) is 0 Å². The zero-order valence-electron chi connectivity index (χ0n) is 9.10. The number of rotatable bonds is 3. The number of piperazine rings is 1. The molecule has 1 saturated heterocycles. The zero-order valence-corrected chi connectivity index (χ0v) is 11.3. The highest BCUT2D eigenvalue weighted by Crippen LogP contribution is 2.09. The molecule has 1 aliphatic heterocycles. The monoisotopic (exact) mass is 330 g/mol. The van der Waals surface area contributed by atoms with Gasteiger partial charge in [0.15, 0.2) is 0 Å². The lowest BCUT2D eigenvalue weighted by Crippen LogP contribution is -2.49. The Bertz CT molecular complexity index is 355. The predicted molar refractivity (Wildman–Crippen MR) is 72.3 cm³/mol. The molecule has 0 radical (unpaired) electrons. The van der Waals surface area contributed by atoms with Gasteiger partial charge >= 0.3 is 0 Å². The minimum absolute atomic E-state index is 0.247. The molecule has 1 amide bonds. The van der Waals surface area contributed by atoms with E-state index in [2.05, 4.69) is 39.6 Å². The van der Waals surface area contributed by atoms with Crippen LogP contribution in [0.3, 0.4) is 0 Å². The Balaban J connectivity index is 1.91. The number of carbonyl (C=O) groups excluding carboxylic acids is 1. The molecule has 1 aromatic carbocycles. The van der Waals surface area contributed by atoms with E-state index in [1.54, 1.807) is 0 Å². The van der Waals surface area contributed by atoms with E-state index in [0.717, 1.165) is 24.2 Å². The summed E-state index contributed by atoms with van der Waals surface area (Å²) in [6.07, 6.45) is 0. The third kappa shape index (κ3) is 2.95. The normalized spacial score (nSPS) is 17.8. The number of halogens is 1. The zero-order chi connectivity index (χ0) is 11.4. The Labute approximate surface area is 110 Å². The average molecular weight is 330 g/mol. The molecule has 1 aliphatic rings. The van der Waals surface area contributed by atoms with Gasteiger partial charge in [-0.25, -0.2) is 0 Å². The first-order chi connectivity index (χ1) is 7.79. The van der Waals surface area contributed by atoms with Gasteiger partial charge in [0.2, 0.25) is 5.91 Å². The summed E-state index contributed by atoms with van der Waals surface area (Å²) in [6, 6.07) is 10.3. The second-order valence-electron chi connectivity index (χ2n) is 3.97. The summed E-state index contributed by atoms with van der Waals surface area (Å²) in [5.41, 5.74) is 1.28. The van der Waals surface area contributed by atoms with Crippen molar-refractivity contribution in [1.29, 1.82) is 0 Å². The molecule has 0 N–H and O–H groups in total. The second-order valence-corrected chi connectivity index (χ2v) is 4.66. The summed E-state index contributed by atoms with van der Waals surface area (Å²) in [5, 5.41) is 0. The van der Waals surface area contributed by atoms with Gasteiger partial charge in [0.25, 0.3) is 0 Å². The lowest BCUT2D eigenvalue weighted by Gasteiger charge is -2.33. The van der Waals surface area contributed by atoms with Crippen molar-refractivity contribution in [3.8, 4) is 0 Å². The number of alkyl halides is 1. The smallest absolute Gasteiger partial charge is 0.237 e. The van der Waals surface area contributed by atoms with Crippen molar-refractivity contribution >= 4 is 28.5 Å². The highest BCUT2D eigenvalue weighted by molar-refractivity contribution is 14.1. The Kier molecular flexibility index (Phi) is 4.17. The van der Waals surface area contributed by atoms with Gasteiger partial charge in [-0.3, -0.25) is 9.69 Å². The van der Waals surface area contributed by atoms with E-state index in [0.29, 0.717) is 6.54 Å². The molecule has 3 nitrogen and oxygen atoms in total. The van der Waals surface area contributed by atoms with E-state index >= 15 is 0 Å². The second kappa shape index (κ2) is 5.63. The van der Waals surface area contributed by atoms with Crippen LogP contribution in [0.25, 0.3) is 0 Å². The van der Waals surface area contributed by atoms with Crippen molar-refractivity contribution in [3.63, 3.8) is 0 Å². The lowest BCUT2D eigenvalue weighted by molar-refractivity contribution is -0.134. The Morgan fingerprint density at radius 2 is 1.94 bits per heavy atom. The van der Waals surface area contributed by atoms with Crippen LogP contribution in [-0.4, -0.2) is 39.9 Å². The number of hydrogen-bond acceptors (Lipinski definition) is 2. The largest absolute Gasteiger partial charge is 0.331 e. The van der Waals surface area contributed by atoms with Crippen molar-refractivity contribution in [1.82, 2.24) is 9.80 Å². The van der Waals surface area contributed by atoms with Crippen molar-refractivity contribution in [3.05, 3.63) is 35.9 Å². The molecule has 1 aromatic rings. The van der Waals surface area contributed by atoms with Crippen molar-refractivity contribution in [2.24, 2.45) is 0 Å². The van der Waals surface area contributed by atoms with Crippen LogP contribution in [0.5, 0.6) is 0 Å². The van der Waals surface area contributed by atoms with Gasteiger partial charge in [0.05, 0.1) is 11.1 Å². The molecule has 86 valence electrons. The molecule has 4 heteroatoms. The molecular formula is C12H15IN2O. The van der Waals surface area contributed by atoms with E-state index in [9.17, 15) is 4.79 Å². The highest BCUT2D eigenvalue weighted by Gasteiger charge is 2.22. The molecular weight excluding hydrogens is 315 g/mol. The molecule has 1 heterocycles. The van der Waals surface area contributed by atoms with Gasteiger partial charge in [-0.1, -0.05) is 52.9 Å². The van der Waals surface area contributed by atoms with Crippen LogP contribution >= 0.6 is 22.6 Å². The van der Waals surface area contributed by atoms with Crippen molar-refractivity contribution in [2.45, 2.75) is 6.54 Å². The SMILES string of the molecule is O=C1CN(Cc2ccccc2)CCN1CI. The molecule has 0 saturated carbocycles. The van der Waals surface area contributed by atoms with Gasteiger partial charge in [-0.15, -0.1) is 0 Å². The minimum atomic E-state index is 0.247. The van der Waals surface area contributed by atoms with Crippen molar-refractivity contribution < 1.29 is 4.79 Å². The van der Waals surface area contributed by atoms with E-state index in [1.807, 2.05) is 23.1 Å². The Morgan fingerprint density at radius 3 is 2.56 bits per heavy atom. The summed E-state index contributed by atoms with van der Waals surface area (Å²) in [7, 11) is 0. The summed E-state index contributed by atoms with van der Waals surface area (Å²) in [4.78, 5) is 15.8. The highest BCUT2D eigenvalue weighted by atomic mass is 127. The van der Waals surface area contributed by atoms with E-state index in [1.165, 1.54) is 5.56 Å². The van der Waals surface area contributed by atoms with Gasteiger partial charge in [-0.05, 0) is 5.56 Å². The molecule has 0 unspecified atom stereocenters. The molecule has 2 rings (SSSR count). The number of amides is 1. The third-order valence-electron chi connectivity index (χ3n) is 2.79. The van der Waals surface area contributed by atoms with Crippen LogP contribution in [0.2, 0.25) is 0 Å². The molecule has 0 bridgehead atoms. The summed E-state index contributed by atoms with van der Waals surface area (Å²) < 4.78 is 0.801. The summed E-state index contributed by atoms with van der Waals surface area (Å²) in [5.74, 6) is 0.247.